The van der Waals surface area contributed by atoms with Gasteiger partial charge < -0.3 is 15.2 Å². The molecule has 0 aliphatic carbocycles. The topological polar surface area (TPSA) is 57.4 Å². The number of unbranched alkanes of at least 4 members (excludes halogenated alkanes) is 1. The number of pyridine rings is 1. The number of hydrogen-bond acceptors (Lipinski definition) is 4. The van der Waals surface area contributed by atoms with E-state index >= 15 is 0 Å². The Labute approximate surface area is 136 Å². The number of nitrogens with two attached hydrogens (primary N) is 1. The van der Waals surface area contributed by atoms with Crippen molar-refractivity contribution in [1.29, 1.82) is 0 Å². The van der Waals surface area contributed by atoms with Gasteiger partial charge in [0.05, 0.1) is 13.7 Å². The number of halogens is 1. The van der Waals surface area contributed by atoms with Crippen LogP contribution < -0.4 is 15.2 Å². The van der Waals surface area contributed by atoms with E-state index in [1.54, 1.807) is 7.11 Å². The van der Waals surface area contributed by atoms with E-state index in [9.17, 15) is 0 Å². The van der Waals surface area contributed by atoms with Crippen molar-refractivity contribution in [2.75, 3.05) is 13.7 Å². The molecule has 0 saturated carbocycles. The van der Waals surface area contributed by atoms with Gasteiger partial charge in [-0.1, -0.05) is 27.2 Å². The van der Waals surface area contributed by atoms with Crippen LogP contribution in [-0.4, -0.2) is 24.7 Å². The molecule has 0 fully saturated rings. The molecule has 0 aliphatic heterocycles. The average Bonchev–Trinajstić information content (AvgIpc) is 2.46. The van der Waals surface area contributed by atoms with Gasteiger partial charge >= 0.3 is 0 Å². The highest BCUT2D eigenvalue weighted by molar-refractivity contribution is 9.10. The number of aromatic nitrogens is 1. The summed E-state index contributed by atoms with van der Waals surface area (Å²) in [6.07, 6.45) is 3.93. The molecule has 1 atom stereocenters. The SMILES string of the molecule is CCCCOc1cc(CC[C@H](N)C(C)C)c(Br)nc1OC. The van der Waals surface area contributed by atoms with Crippen LogP contribution in [0, 0.1) is 5.92 Å². The lowest BCUT2D eigenvalue weighted by Gasteiger charge is -2.17. The van der Waals surface area contributed by atoms with E-state index in [0.717, 1.165) is 35.8 Å². The van der Waals surface area contributed by atoms with E-state index in [1.807, 2.05) is 6.07 Å². The Morgan fingerprint density at radius 2 is 2.10 bits per heavy atom. The molecule has 0 saturated heterocycles. The van der Waals surface area contributed by atoms with E-state index in [1.165, 1.54) is 0 Å². The van der Waals surface area contributed by atoms with Crippen LogP contribution in [0.3, 0.4) is 0 Å². The van der Waals surface area contributed by atoms with Gasteiger partial charge in [0.1, 0.15) is 4.60 Å². The zero-order chi connectivity index (χ0) is 15.8. The second kappa shape index (κ2) is 9.26. The number of rotatable bonds is 9. The summed E-state index contributed by atoms with van der Waals surface area (Å²) >= 11 is 3.50. The fourth-order valence-electron chi connectivity index (χ4n) is 1.90. The van der Waals surface area contributed by atoms with Gasteiger partial charge in [0, 0.05) is 6.04 Å². The minimum atomic E-state index is 0.198. The van der Waals surface area contributed by atoms with Gasteiger partial charge in [-0.05, 0) is 52.7 Å². The summed E-state index contributed by atoms with van der Waals surface area (Å²) in [7, 11) is 1.61. The molecule has 1 aromatic heterocycles. The van der Waals surface area contributed by atoms with Crippen molar-refractivity contribution < 1.29 is 9.47 Å². The third-order valence-electron chi connectivity index (χ3n) is 3.53. The van der Waals surface area contributed by atoms with Crippen molar-refractivity contribution in [2.24, 2.45) is 11.7 Å². The Bertz CT molecular complexity index is 439. The molecule has 0 unspecified atom stereocenters. The van der Waals surface area contributed by atoms with Crippen molar-refractivity contribution >= 4 is 15.9 Å². The minimum Gasteiger partial charge on any atom is -0.488 e. The van der Waals surface area contributed by atoms with Crippen LogP contribution in [-0.2, 0) is 6.42 Å². The Kier molecular flexibility index (Phi) is 8.04. The van der Waals surface area contributed by atoms with E-state index in [-0.39, 0.29) is 6.04 Å². The molecule has 1 rings (SSSR count). The molecule has 21 heavy (non-hydrogen) atoms. The van der Waals surface area contributed by atoms with Gasteiger partial charge in [-0.2, -0.15) is 0 Å². The maximum atomic E-state index is 6.12. The lowest BCUT2D eigenvalue weighted by Crippen LogP contribution is -2.26. The summed E-state index contributed by atoms with van der Waals surface area (Å²) in [5, 5.41) is 0. The van der Waals surface area contributed by atoms with Crippen LogP contribution in [0.15, 0.2) is 10.7 Å². The fourth-order valence-corrected chi connectivity index (χ4v) is 2.38. The standard InChI is InChI=1S/C16H27BrN2O2/c1-5-6-9-21-14-10-12(7-8-13(18)11(2)3)15(17)19-16(14)20-4/h10-11,13H,5-9,18H2,1-4H3/t13-/m0/s1. The van der Waals surface area contributed by atoms with Crippen molar-refractivity contribution in [3.63, 3.8) is 0 Å². The van der Waals surface area contributed by atoms with Crippen molar-refractivity contribution in [1.82, 2.24) is 4.98 Å². The molecule has 0 aromatic carbocycles. The summed E-state index contributed by atoms with van der Waals surface area (Å²) in [6.45, 7) is 7.11. The summed E-state index contributed by atoms with van der Waals surface area (Å²) in [4.78, 5) is 4.42. The molecule has 0 radical (unpaired) electrons. The summed E-state index contributed by atoms with van der Waals surface area (Å²) < 4.78 is 11.9. The van der Waals surface area contributed by atoms with Crippen LogP contribution in [0.2, 0.25) is 0 Å². The maximum Gasteiger partial charge on any atom is 0.257 e. The van der Waals surface area contributed by atoms with Crippen LogP contribution >= 0.6 is 15.9 Å². The van der Waals surface area contributed by atoms with Crippen LogP contribution in [0.1, 0.15) is 45.6 Å². The van der Waals surface area contributed by atoms with Gasteiger partial charge in [0.15, 0.2) is 5.75 Å². The molecule has 4 nitrogen and oxygen atoms in total. The molecular weight excluding hydrogens is 332 g/mol. The minimum absolute atomic E-state index is 0.198. The number of ether oxygens (including phenoxy) is 2. The Balaban J connectivity index is 2.81. The second-order valence-corrected chi connectivity index (χ2v) is 6.35. The van der Waals surface area contributed by atoms with Crippen LogP contribution in [0.25, 0.3) is 0 Å². The molecule has 5 heteroatoms. The number of hydrogen-bond donors (Lipinski definition) is 1. The maximum absolute atomic E-state index is 6.12. The number of nitrogens with zero attached hydrogens (tertiary/aromatic N) is 1. The predicted molar refractivity (Wildman–Crippen MR) is 90.0 cm³/mol. The second-order valence-electron chi connectivity index (χ2n) is 5.59. The van der Waals surface area contributed by atoms with Gasteiger partial charge in [-0.15, -0.1) is 0 Å². The lowest BCUT2D eigenvalue weighted by molar-refractivity contribution is 0.282. The number of aryl methyl sites for hydroxylation is 1. The molecule has 120 valence electrons. The quantitative estimate of drug-likeness (QED) is 0.536. The Hall–Kier alpha value is -0.810. The van der Waals surface area contributed by atoms with E-state index < -0.39 is 0 Å². The molecule has 0 bridgehead atoms. The zero-order valence-corrected chi connectivity index (χ0v) is 15.1. The first-order valence-electron chi connectivity index (χ1n) is 7.61. The lowest BCUT2D eigenvalue weighted by atomic mass is 9.98. The summed E-state index contributed by atoms with van der Waals surface area (Å²) in [6, 6.07) is 2.21. The number of methoxy groups -OCH3 is 1. The van der Waals surface area contributed by atoms with E-state index in [0.29, 0.717) is 24.2 Å². The summed E-state index contributed by atoms with van der Waals surface area (Å²) in [5.74, 6) is 1.72. The third-order valence-corrected chi connectivity index (χ3v) is 4.22. The van der Waals surface area contributed by atoms with Crippen molar-refractivity contribution in [3.05, 3.63) is 16.2 Å². The smallest absolute Gasteiger partial charge is 0.257 e. The van der Waals surface area contributed by atoms with Gasteiger partial charge in [-0.3, -0.25) is 0 Å². The van der Waals surface area contributed by atoms with Crippen LogP contribution in [0.4, 0.5) is 0 Å². The van der Waals surface area contributed by atoms with E-state index in [2.05, 4.69) is 41.7 Å². The highest BCUT2D eigenvalue weighted by Crippen LogP contribution is 2.31. The molecule has 0 spiro atoms. The first-order valence-corrected chi connectivity index (χ1v) is 8.40. The highest BCUT2D eigenvalue weighted by atomic mass is 79.9. The van der Waals surface area contributed by atoms with Crippen molar-refractivity contribution in [3.8, 4) is 11.6 Å². The molecule has 1 heterocycles. The monoisotopic (exact) mass is 358 g/mol. The normalized spacial score (nSPS) is 12.5. The molecular formula is C16H27BrN2O2. The highest BCUT2D eigenvalue weighted by Gasteiger charge is 2.14. The predicted octanol–water partition coefficient (Wildman–Crippen LogP) is 3.95. The Morgan fingerprint density at radius 3 is 2.67 bits per heavy atom. The largest absolute Gasteiger partial charge is 0.488 e. The Morgan fingerprint density at radius 1 is 1.38 bits per heavy atom. The molecule has 0 aliphatic rings. The average molecular weight is 359 g/mol. The third kappa shape index (κ3) is 5.83. The molecule has 1 aromatic rings. The van der Waals surface area contributed by atoms with Gasteiger partial charge in [-0.25, -0.2) is 4.98 Å². The zero-order valence-electron chi connectivity index (χ0n) is 13.5. The van der Waals surface area contributed by atoms with Gasteiger partial charge in [0.25, 0.3) is 5.88 Å². The molecule has 2 N–H and O–H groups in total. The first-order chi connectivity index (χ1) is 9.99. The van der Waals surface area contributed by atoms with E-state index in [4.69, 9.17) is 15.2 Å². The summed E-state index contributed by atoms with van der Waals surface area (Å²) in [5.41, 5.74) is 7.22. The first kappa shape index (κ1) is 18.2. The van der Waals surface area contributed by atoms with Crippen molar-refractivity contribution in [2.45, 2.75) is 52.5 Å². The van der Waals surface area contributed by atoms with Gasteiger partial charge in [0.2, 0.25) is 0 Å². The fraction of sp³-hybridized carbons (Fsp3) is 0.688. The molecule has 0 amide bonds. The van der Waals surface area contributed by atoms with Crippen LogP contribution in [0.5, 0.6) is 11.6 Å².